The van der Waals surface area contributed by atoms with Crippen LogP contribution >= 0.6 is 31.9 Å². The van der Waals surface area contributed by atoms with E-state index in [2.05, 4.69) is 63.1 Å². The fourth-order valence-corrected chi connectivity index (χ4v) is 7.81. The molecule has 0 aromatic heterocycles. The van der Waals surface area contributed by atoms with Gasteiger partial charge in [0.15, 0.2) is 11.5 Å². The van der Waals surface area contributed by atoms with Crippen LogP contribution in [0, 0.1) is 0 Å². The number of phenolic OH excluding ortho intramolecular Hbond substituents is 2. The summed E-state index contributed by atoms with van der Waals surface area (Å²) in [5.41, 5.74) is 8.23. The molecule has 11 nitrogen and oxygen atoms in total. The van der Waals surface area contributed by atoms with Gasteiger partial charge >= 0.3 is 0 Å². The number of rotatable bonds is 10. The van der Waals surface area contributed by atoms with Crippen molar-refractivity contribution < 1.29 is 24.6 Å². The Kier molecular flexibility index (Phi) is 10.4. The van der Waals surface area contributed by atoms with Crippen molar-refractivity contribution in [3.63, 3.8) is 0 Å². The molecule has 9 rings (SSSR count). The van der Waals surface area contributed by atoms with Gasteiger partial charge in [0.05, 0.1) is 28.3 Å². The smallest absolute Gasteiger partial charge is 0.259 e. The van der Waals surface area contributed by atoms with Crippen LogP contribution in [0.5, 0.6) is 11.5 Å². The van der Waals surface area contributed by atoms with E-state index in [1.165, 1.54) is 0 Å². The molecule has 0 radical (unpaired) electrons. The largest absolute Gasteiger partial charge is 0.505 e. The van der Waals surface area contributed by atoms with Gasteiger partial charge in [0.2, 0.25) is 0 Å². The molecule has 8 aromatic carbocycles. The normalized spacial score (nSPS) is 12.1. The highest BCUT2D eigenvalue weighted by Gasteiger charge is 2.28. The second-order valence-electron chi connectivity index (χ2n) is 13.8. The van der Waals surface area contributed by atoms with E-state index in [0.717, 1.165) is 26.7 Å². The van der Waals surface area contributed by atoms with E-state index in [0.29, 0.717) is 54.4 Å². The summed E-state index contributed by atoms with van der Waals surface area (Å²) in [5.74, 6) is -1.15. The number of azo groups is 2. The zero-order valence-electron chi connectivity index (χ0n) is 31.2. The summed E-state index contributed by atoms with van der Waals surface area (Å²) in [6.45, 7) is 0.0437. The Morgan fingerprint density at radius 2 is 1.08 bits per heavy atom. The molecule has 0 fully saturated rings. The van der Waals surface area contributed by atoms with Crippen LogP contribution in [0.15, 0.2) is 175 Å². The Morgan fingerprint density at radius 1 is 0.567 bits per heavy atom. The maximum atomic E-state index is 13.9. The summed E-state index contributed by atoms with van der Waals surface area (Å²) in [5, 5.41) is 46.2. The van der Waals surface area contributed by atoms with Gasteiger partial charge in [-0.1, -0.05) is 84.9 Å². The van der Waals surface area contributed by atoms with Crippen molar-refractivity contribution in [2.24, 2.45) is 20.5 Å². The number of carbonyl (C=O) groups excluding carboxylic acids is 2. The molecule has 0 saturated carbocycles. The number of ketones is 1. The Labute approximate surface area is 359 Å². The van der Waals surface area contributed by atoms with Crippen LogP contribution in [0.25, 0.3) is 32.7 Å². The van der Waals surface area contributed by atoms with Crippen LogP contribution in [0.1, 0.15) is 31.8 Å². The number of halogens is 2. The fourth-order valence-electron chi connectivity index (χ4n) is 7.06. The molecule has 0 saturated heterocycles. The Morgan fingerprint density at radius 3 is 1.68 bits per heavy atom. The average molecular weight is 919 g/mol. The van der Waals surface area contributed by atoms with Crippen LogP contribution in [0.3, 0.4) is 0 Å². The molecule has 0 spiro atoms. The summed E-state index contributed by atoms with van der Waals surface area (Å²) in [6.07, 6.45) is 0. The molecule has 292 valence electrons. The first kappa shape index (κ1) is 38.5. The monoisotopic (exact) mass is 916 g/mol. The molecule has 60 heavy (non-hydrogen) atoms. The highest BCUT2D eigenvalue weighted by molar-refractivity contribution is 9.11. The quantitative estimate of drug-likeness (QED) is 0.0790. The number of benzene rings is 8. The van der Waals surface area contributed by atoms with Crippen molar-refractivity contribution in [2.75, 3.05) is 10.8 Å². The molecule has 1 aliphatic carbocycles. The van der Waals surface area contributed by atoms with Crippen molar-refractivity contribution in [2.45, 2.75) is 6.61 Å². The summed E-state index contributed by atoms with van der Waals surface area (Å²) in [6, 6.07) is 43.4. The van der Waals surface area contributed by atoms with Gasteiger partial charge in [0, 0.05) is 36.4 Å². The van der Waals surface area contributed by atoms with Gasteiger partial charge < -0.3 is 15.5 Å². The van der Waals surface area contributed by atoms with E-state index in [-0.39, 0.29) is 40.8 Å². The third-order valence-electron chi connectivity index (χ3n) is 10.0. The number of anilines is 2. The molecule has 0 aliphatic heterocycles. The summed E-state index contributed by atoms with van der Waals surface area (Å²) >= 11 is 6.93. The van der Waals surface area contributed by atoms with E-state index in [1.54, 1.807) is 60.7 Å². The highest BCUT2D eigenvalue weighted by Crippen LogP contribution is 2.44. The number of amides is 1. The number of fused-ring (bicyclic) bond motifs is 5. The number of nitrogens with one attached hydrogen (secondary N) is 2. The first-order chi connectivity index (χ1) is 29.2. The lowest BCUT2D eigenvalue weighted by Crippen LogP contribution is -2.12. The van der Waals surface area contributed by atoms with Gasteiger partial charge in [-0.25, -0.2) is 0 Å². The predicted molar refractivity (Wildman–Crippen MR) is 240 cm³/mol. The van der Waals surface area contributed by atoms with Crippen molar-refractivity contribution in [1.29, 1.82) is 0 Å². The molecule has 0 atom stereocenters. The van der Waals surface area contributed by atoms with Gasteiger partial charge in [-0.2, -0.15) is 10.2 Å². The zero-order valence-corrected chi connectivity index (χ0v) is 34.4. The number of hydrogen-bond acceptors (Lipinski definition) is 10. The lowest BCUT2D eigenvalue weighted by Gasteiger charge is -2.12. The van der Waals surface area contributed by atoms with Gasteiger partial charge in [-0.15, -0.1) is 10.2 Å². The first-order valence-electron chi connectivity index (χ1n) is 18.6. The molecule has 1 amide bonds. The highest BCUT2D eigenvalue weighted by atomic mass is 79.9. The van der Waals surface area contributed by atoms with Gasteiger partial charge in [-0.05, 0) is 114 Å². The van der Waals surface area contributed by atoms with E-state index < -0.39 is 5.91 Å². The van der Waals surface area contributed by atoms with Crippen molar-refractivity contribution in [3.05, 3.63) is 177 Å². The van der Waals surface area contributed by atoms with Crippen LogP contribution in [0.4, 0.5) is 34.1 Å². The van der Waals surface area contributed by atoms with Crippen LogP contribution in [0.2, 0.25) is 0 Å². The van der Waals surface area contributed by atoms with E-state index in [9.17, 15) is 19.8 Å². The SMILES string of the molecule is O=C1c2cc(N=Nc3c(O)c(CONc4ccccc4Br)cc4ccccc34)ccc2-c2ccc(N=Nc3c(O)c(C(=O)Nc4ccccc4Br)cc4ccccc34)cc21. The number of nitrogens with zero attached hydrogens (tertiary/aromatic N) is 4. The van der Waals surface area contributed by atoms with Gasteiger partial charge in [0.25, 0.3) is 5.91 Å². The number of hydrogen-bond donors (Lipinski definition) is 4. The maximum absolute atomic E-state index is 13.9. The topological polar surface area (TPSA) is 157 Å². The summed E-state index contributed by atoms with van der Waals surface area (Å²) in [7, 11) is 0. The third-order valence-corrected chi connectivity index (χ3v) is 11.4. The molecule has 0 bridgehead atoms. The lowest BCUT2D eigenvalue weighted by atomic mass is 10.0. The van der Waals surface area contributed by atoms with E-state index >= 15 is 0 Å². The van der Waals surface area contributed by atoms with Crippen LogP contribution in [-0.2, 0) is 11.4 Å². The second-order valence-corrected chi connectivity index (χ2v) is 15.5. The van der Waals surface area contributed by atoms with E-state index in [4.69, 9.17) is 4.84 Å². The van der Waals surface area contributed by atoms with Crippen molar-refractivity contribution in [3.8, 4) is 22.6 Å². The van der Waals surface area contributed by atoms with Crippen LogP contribution < -0.4 is 10.8 Å². The predicted octanol–water partition coefficient (Wildman–Crippen LogP) is 13.8. The zero-order chi connectivity index (χ0) is 41.3. The van der Waals surface area contributed by atoms with E-state index in [1.807, 2.05) is 84.9 Å². The molecule has 4 N–H and O–H groups in total. The minimum Gasteiger partial charge on any atom is -0.505 e. The first-order valence-corrected chi connectivity index (χ1v) is 20.2. The molecular formula is C47H30Br2N6O5. The second kappa shape index (κ2) is 16.3. The summed E-state index contributed by atoms with van der Waals surface area (Å²) < 4.78 is 1.52. The third kappa shape index (κ3) is 7.41. The Hall–Kier alpha value is -7.06. The van der Waals surface area contributed by atoms with Crippen LogP contribution in [-0.4, -0.2) is 21.9 Å². The minimum absolute atomic E-state index is 0.0284. The maximum Gasteiger partial charge on any atom is 0.259 e. The standard InChI is InChI=1S/C47H30Br2N6O5/c48-38-13-5-7-15-40(38)50-47(59)37-22-27-10-2-4-12-32(27)43(46(37)58)54-52-30-18-20-34-33-19-17-29(23-35(33)45(57)36(34)24-30)51-53-42-31-11-3-1-9-26(31)21-28(44(42)56)25-60-55-41-16-8-6-14-39(41)49/h1-24,55-56,58H,25H2,(H,50,59). The summed E-state index contributed by atoms with van der Waals surface area (Å²) in [4.78, 5) is 33.0. The Bertz CT molecular complexity index is 3120. The minimum atomic E-state index is -0.518. The number of phenols is 2. The molecular weight excluding hydrogens is 888 g/mol. The molecule has 8 aromatic rings. The molecule has 0 heterocycles. The van der Waals surface area contributed by atoms with Gasteiger partial charge in [-0.3, -0.25) is 19.9 Å². The lowest BCUT2D eigenvalue weighted by molar-refractivity contribution is 0.102. The average Bonchev–Trinajstić information content (AvgIpc) is 3.54. The number of aromatic hydroxyl groups is 2. The molecule has 1 aliphatic rings. The van der Waals surface area contributed by atoms with Crippen molar-refractivity contribution >= 4 is 99.2 Å². The molecule has 13 heteroatoms. The number of carbonyl (C=O) groups is 2. The Balaban J connectivity index is 0.971. The van der Waals surface area contributed by atoms with Crippen molar-refractivity contribution in [1.82, 2.24) is 0 Å². The fraction of sp³-hybridized carbons (Fsp3) is 0.0213. The number of para-hydroxylation sites is 2. The molecule has 0 unspecified atom stereocenters. The van der Waals surface area contributed by atoms with Gasteiger partial charge in [0.1, 0.15) is 23.7 Å².